The summed E-state index contributed by atoms with van der Waals surface area (Å²) >= 11 is 1.27. The molecule has 0 unspecified atom stereocenters. The Kier molecular flexibility index (Phi) is 12.7. The van der Waals surface area contributed by atoms with Crippen molar-refractivity contribution in [3.8, 4) is 0 Å². The molecule has 0 aliphatic heterocycles. The zero-order valence-corrected chi connectivity index (χ0v) is 19.5. The van der Waals surface area contributed by atoms with Crippen molar-refractivity contribution in [3.63, 3.8) is 0 Å². The Balaban J connectivity index is 0.00000576. The van der Waals surface area contributed by atoms with Gasteiger partial charge in [-0.1, -0.05) is 26.2 Å². The Hall–Kier alpha value is -0.390. The quantitative estimate of drug-likeness (QED) is 0.223. The van der Waals surface area contributed by atoms with E-state index in [0.29, 0.717) is 10.8 Å². The third kappa shape index (κ3) is 8.69. The number of hydrogen-bond acceptors (Lipinski definition) is 4. The van der Waals surface area contributed by atoms with E-state index in [1.807, 2.05) is 13.0 Å². The van der Waals surface area contributed by atoms with Crippen LogP contribution in [0, 0.1) is 0 Å². The van der Waals surface area contributed by atoms with Gasteiger partial charge < -0.3 is 10.6 Å². The maximum atomic E-state index is 12.1. The molecule has 1 heterocycles. The van der Waals surface area contributed by atoms with Gasteiger partial charge in [0, 0.05) is 32.1 Å². The average Bonchev–Trinajstić information content (AvgIpc) is 3.01. The number of nitrogens with zero attached hydrogens (tertiary/aromatic N) is 2. The number of guanidine groups is 1. The van der Waals surface area contributed by atoms with Gasteiger partial charge in [0.05, 0.1) is 6.54 Å². The van der Waals surface area contributed by atoms with Crippen LogP contribution in [0.25, 0.3) is 0 Å². The minimum absolute atomic E-state index is 0. The molecule has 1 aromatic rings. The maximum Gasteiger partial charge on any atom is 0.252 e. The molecular weight excluding hydrogens is 471 g/mol. The van der Waals surface area contributed by atoms with Crippen molar-refractivity contribution < 1.29 is 8.42 Å². The molecule has 1 rings (SSSR count). The minimum atomic E-state index is -3.36. The zero-order chi connectivity index (χ0) is 18.0. The number of thiophene rings is 1. The summed E-state index contributed by atoms with van der Waals surface area (Å²) in [5, 5.41) is 6.54. The summed E-state index contributed by atoms with van der Waals surface area (Å²) in [7, 11) is -0.275. The highest BCUT2D eigenvalue weighted by atomic mass is 127. The van der Waals surface area contributed by atoms with E-state index in [0.717, 1.165) is 30.3 Å². The van der Waals surface area contributed by atoms with Gasteiger partial charge in [-0.05, 0) is 25.5 Å². The molecule has 146 valence electrons. The highest BCUT2D eigenvalue weighted by Crippen LogP contribution is 2.24. The van der Waals surface area contributed by atoms with Crippen molar-refractivity contribution >= 4 is 51.3 Å². The number of sulfonamides is 1. The second-order valence-corrected chi connectivity index (χ2v) is 9.24. The smallest absolute Gasteiger partial charge is 0.252 e. The molecular formula is C16H31IN4O2S2. The SMILES string of the molecule is CCCCCCNC(=NCc1ccc(S(=O)(=O)N(C)C)s1)NCC.I. The lowest BCUT2D eigenvalue weighted by Gasteiger charge is -2.10. The molecule has 0 fully saturated rings. The molecule has 0 saturated carbocycles. The molecule has 6 nitrogen and oxygen atoms in total. The second kappa shape index (κ2) is 12.9. The van der Waals surface area contributed by atoms with E-state index in [4.69, 9.17) is 0 Å². The van der Waals surface area contributed by atoms with Crippen molar-refractivity contribution in [1.82, 2.24) is 14.9 Å². The van der Waals surface area contributed by atoms with Crippen LogP contribution >= 0.6 is 35.3 Å². The summed E-state index contributed by atoms with van der Waals surface area (Å²) in [5.41, 5.74) is 0. The van der Waals surface area contributed by atoms with E-state index in [-0.39, 0.29) is 24.0 Å². The van der Waals surface area contributed by atoms with E-state index in [1.165, 1.54) is 34.9 Å². The number of halogens is 1. The molecule has 0 bridgehead atoms. The zero-order valence-electron chi connectivity index (χ0n) is 15.5. The monoisotopic (exact) mass is 502 g/mol. The van der Waals surface area contributed by atoms with Crippen LogP contribution in [-0.4, -0.2) is 45.9 Å². The van der Waals surface area contributed by atoms with Crippen molar-refractivity contribution in [2.24, 2.45) is 4.99 Å². The Morgan fingerprint density at radius 2 is 1.88 bits per heavy atom. The fraction of sp³-hybridized carbons (Fsp3) is 0.688. The summed E-state index contributed by atoms with van der Waals surface area (Å²) in [4.78, 5) is 5.47. The van der Waals surface area contributed by atoms with E-state index in [1.54, 1.807) is 20.2 Å². The first-order chi connectivity index (χ1) is 11.4. The fourth-order valence-corrected chi connectivity index (χ4v) is 4.47. The van der Waals surface area contributed by atoms with Gasteiger partial charge in [0.15, 0.2) is 5.96 Å². The summed E-state index contributed by atoms with van der Waals surface area (Å²) in [6.45, 7) is 6.39. The van der Waals surface area contributed by atoms with Gasteiger partial charge in [-0.25, -0.2) is 17.7 Å². The Labute approximate surface area is 173 Å². The van der Waals surface area contributed by atoms with Crippen LogP contribution in [0.4, 0.5) is 0 Å². The molecule has 0 aliphatic rings. The van der Waals surface area contributed by atoms with Gasteiger partial charge in [0.1, 0.15) is 4.21 Å². The van der Waals surface area contributed by atoms with Gasteiger partial charge in [-0.15, -0.1) is 35.3 Å². The van der Waals surface area contributed by atoms with Gasteiger partial charge in [-0.2, -0.15) is 0 Å². The second-order valence-electron chi connectivity index (χ2n) is 5.69. The Morgan fingerprint density at radius 1 is 1.16 bits per heavy atom. The standard InChI is InChI=1S/C16H30N4O2S2.HI/c1-5-7-8-9-12-18-16(17-6-2)19-13-14-10-11-15(23-14)24(21,22)20(3)4;/h10-11H,5-9,12-13H2,1-4H3,(H2,17,18,19);1H. The lowest BCUT2D eigenvalue weighted by molar-refractivity contribution is 0.523. The fourth-order valence-electron chi connectivity index (χ4n) is 2.02. The molecule has 25 heavy (non-hydrogen) atoms. The molecule has 2 N–H and O–H groups in total. The highest BCUT2D eigenvalue weighted by molar-refractivity contribution is 14.0. The predicted molar refractivity (Wildman–Crippen MR) is 118 cm³/mol. The van der Waals surface area contributed by atoms with Gasteiger partial charge in [-0.3, -0.25) is 0 Å². The van der Waals surface area contributed by atoms with Gasteiger partial charge in [0.25, 0.3) is 10.0 Å². The first-order valence-corrected chi connectivity index (χ1v) is 10.7. The Bertz CT molecular complexity index is 615. The lowest BCUT2D eigenvalue weighted by Crippen LogP contribution is -2.37. The van der Waals surface area contributed by atoms with Crippen molar-refractivity contribution in [2.75, 3.05) is 27.2 Å². The summed E-state index contributed by atoms with van der Waals surface area (Å²) < 4.78 is 25.8. The van der Waals surface area contributed by atoms with Gasteiger partial charge >= 0.3 is 0 Å². The number of unbranched alkanes of at least 4 members (excludes halogenated alkanes) is 3. The molecule has 0 atom stereocenters. The maximum absolute atomic E-state index is 12.1. The Morgan fingerprint density at radius 3 is 2.48 bits per heavy atom. The van der Waals surface area contributed by atoms with Crippen LogP contribution in [0.1, 0.15) is 44.4 Å². The minimum Gasteiger partial charge on any atom is -0.357 e. The summed E-state index contributed by atoms with van der Waals surface area (Å²) in [6.07, 6.45) is 4.83. The lowest BCUT2D eigenvalue weighted by atomic mass is 10.2. The third-order valence-corrected chi connectivity index (χ3v) is 6.78. The first kappa shape index (κ1) is 24.6. The third-order valence-electron chi connectivity index (χ3n) is 3.43. The van der Waals surface area contributed by atoms with E-state index in [9.17, 15) is 8.42 Å². The van der Waals surface area contributed by atoms with Crippen molar-refractivity contribution in [3.05, 3.63) is 17.0 Å². The first-order valence-electron chi connectivity index (χ1n) is 8.45. The van der Waals surface area contributed by atoms with E-state index < -0.39 is 10.0 Å². The van der Waals surface area contributed by atoms with Crippen molar-refractivity contribution in [2.45, 2.75) is 50.3 Å². The summed E-state index contributed by atoms with van der Waals surface area (Å²) in [5.74, 6) is 0.777. The van der Waals surface area contributed by atoms with E-state index in [2.05, 4.69) is 22.5 Å². The predicted octanol–water partition coefficient (Wildman–Crippen LogP) is 3.25. The van der Waals surface area contributed by atoms with Crippen LogP contribution in [0.3, 0.4) is 0 Å². The summed E-state index contributed by atoms with van der Waals surface area (Å²) in [6, 6.07) is 3.48. The largest absolute Gasteiger partial charge is 0.357 e. The van der Waals surface area contributed by atoms with Crippen LogP contribution in [-0.2, 0) is 16.6 Å². The molecule has 0 amide bonds. The highest BCUT2D eigenvalue weighted by Gasteiger charge is 2.19. The van der Waals surface area contributed by atoms with Crippen LogP contribution in [0.15, 0.2) is 21.3 Å². The molecule has 0 radical (unpaired) electrons. The number of aliphatic imine (C=N–C) groups is 1. The molecule has 0 spiro atoms. The topological polar surface area (TPSA) is 73.8 Å². The van der Waals surface area contributed by atoms with Crippen molar-refractivity contribution in [1.29, 1.82) is 0 Å². The normalized spacial score (nSPS) is 12.1. The molecule has 0 aromatic carbocycles. The number of rotatable bonds is 10. The number of hydrogen-bond donors (Lipinski definition) is 2. The molecule has 0 aliphatic carbocycles. The molecule has 0 saturated heterocycles. The molecule has 9 heteroatoms. The van der Waals surface area contributed by atoms with Crippen LogP contribution < -0.4 is 10.6 Å². The van der Waals surface area contributed by atoms with Crippen LogP contribution in [0.5, 0.6) is 0 Å². The number of nitrogens with one attached hydrogen (secondary N) is 2. The van der Waals surface area contributed by atoms with Gasteiger partial charge in [0.2, 0.25) is 0 Å². The van der Waals surface area contributed by atoms with E-state index >= 15 is 0 Å². The van der Waals surface area contributed by atoms with Crippen LogP contribution in [0.2, 0.25) is 0 Å². The average molecular weight is 502 g/mol. The molecule has 1 aromatic heterocycles.